The van der Waals surface area contributed by atoms with Gasteiger partial charge in [-0.05, 0) is 0 Å². The lowest BCUT2D eigenvalue weighted by Gasteiger charge is -2.09. The summed E-state index contributed by atoms with van der Waals surface area (Å²) < 4.78 is 0. The average molecular weight is 216 g/mol. The van der Waals surface area contributed by atoms with Crippen molar-refractivity contribution in [1.29, 1.82) is 0 Å². The van der Waals surface area contributed by atoms with Gasteiger partial charge in [0.1, 0.15) is 0 Å². The smallest absolute Gasteiger partial charge is 0.230 e. The van der Waals surface area contributed by atoms with Crippen molar-refractivity contribution in [2.75, 3.05) is 17.2 Å². The Labute approximate surface area is 84.3 Å². The highest BCUT2D eigenvalue weighted by Crippen LogP contribution is 2.27. The largest absolute Gasteiger partial charge is 0.374 e. The van der Waals surface area contributed by atoms with Gasteiger partial charge in [0.2, 0.25) is 16.2 Å². The molecular formula is C6H8N4OS2. The van der Waals surface area contributed by atoms with Crippen molar-refractivity contribution < 1.29 is 4.79 Å². The maximum absolute atomic E-state index is 11.4. The minimum Gasteiger partial charge on any atom is -0.374 e. The first-order valence-electron chi connectivity index (χ1n) is 3.74. The van der Waals surface area contributed by atoms with Crippen LogP contribution in [0.15, 0.2) is 0 Å². The number of carbonyl (C=O) groups excluding carboxylic acids is 1. The number of hydrogen-bond acceptors (Lipinski definition) is 6. The molecule has 1 fully saturated rings. The van der Waals surface area contributed by atoms with Gasteiger partial charge in [-0.25, -0.2) is 0 Å². The van der Waals surface area contributed by atoms with Gasteiger partial charge in [-0.15, -0.1) is 10.2 Å². The summed E-state index contributed by atoms with van der Waals surface area (Å²) in [6.45, 7) is 0.594. The molecule has 0 spiro atoms. The summed E-state index contributed by atoms with van der Waals surface area (Å²) in [6.07, 6.45) is 0.461. The Bertz CT molecular complexity index is 339. The van der Waals surface area contributed by atoms with Gasteiger partial charge >= 0.3 is 0 Å². The molecule has 70 valence electrons. The molecule has 1 aliphatic heterocycles. The van der Waals surface area contributed by atoms with Crippen LogP contribution in [-0.4, -0.2) is 27.9 Å². The summed E-state index contributed by atoms with van der Waals surface area (Å²) in [6, 6.07) is 0. The number of nitrogen functional groups attached to an aromatic ring is 1. The molecule has 1 aromatic rings. The van der Waals surface area contributed by atoms with Gasteiger partial charge in [0.05, 0.1) is 0 Å². The van der Waals surface area contributed by atoms with Crippen molar-refractivity contribution in [1.82, 2.24) is 10.2 Å². The number of amides is 1. The Morgan fingerprint density at radius 3 is 2.85 bits per heavy atom. The Balaban J connectivity index is 2.22. The van der Waals surface area contributed by atoms with Crippen molar-refractivity contribution in [2.45, 2.75) is 11.7 Å². The molecule has 1 aromatic heterocycles. The standard InChI is InChI=1S/C6H8N4OS2/c7-5-8-9-6(13-5)10-2-3(12)1-4(10)11/h3,12H,1-2H2,(H2,7,8). The summed E-state index contributed by atoms with van der Waals surface area (Å²) in [5.74, 6) is 0.0381. The summed E-state index contributed by atoms with van der Waals surface area (Å²) in [4.78, 5) is 12.9. The molecule has 0 saturated carbocycles. The number of rotatable bonds is 1. The Morgan fingerprint density at radius 2 is 2.38 bits per heavy atom. The fourth-order valence-electron chi connectivity index (χ4n) is 1.21. The first-order valence-corrected chi connectivity index (χ1v) is 5.07. The van der Waals surface area contributed by atoms with Gasteiger partial charge in [-0.2, -0.15) is 12.6 Å². The average Bonchev–Trinajstić information content (AvgIpc) is 2.58. The number of nitrogens with two attached hydrogens (primary N) is 1. The van der Waals surface area contributed by atoms with E-state index in [-0.39, 0.29) is 11.2 Å². The van der Waals surface area contributed by atoms with Gasteiger partial charge in [0, 0.05) is 18.2 Å². The normalized spacial score (nSPS) is 22.7. The van der Waals surface area contributed by atoms with Crippen LogP contribution in [0, 0.1) is 0 Å². The minimum atomic E-state index is 0.0381. The third-order valence-electron chi connectivity index (χ3n) is 1.77. The van der Waals surface area contributed by atoms with Crippen LogP contribution in [0.2, 0.25) is 0 Å². The number of anilines is 2. The van der Waals surface area contributed by atoms with E-state index in [1.54, 1.807) is 4.90 Å². The molecular weight excluding hydrogens is 208 g/mol. The molecule has 2 N–H and O–H groups in total. The van der Waals surface area contributed by atoms with Gasteiger partial charge in [0.25, 0.3) is 0 Å². The molecule has 1 atom stereocenters. The van der Waals surface area contributed by atoms with Crippen molar-refractivity contribution >= 4 is 40.1 Å². The maximum atomic E-state index is 11.4. The topological polar surface area (TPSA) is 72.1 Å². The van der Waals surface area contributed by atoms with Crippen LogP contribution in [0.5, 0.6) is 0 Å². The first-order chi connectivity index (χ1) is 6.16. The molecule has 7 heteroatoms. The lowest BCUT2D eigenvalue weighted by molar-refractivity contribution is -0.117. The van der Waals surface area contributed by atoms with Crippen LogP contribution < -0.4 is 10.6 Å². The molecule has 1 unspecified atom stereocenters. The second-order valence-corrected chi connectivity index (χ2v) is 4.50. The van der Waals surface area contributed by atoms with Crippen molar-refractivity contribution in [3.05, 3.63) is 0 Å². The fraction of sp³-hybridized carbons (Fsp3) is 0.500. The first kappa shape index (κ1) is 8.76. The van der Waals surface area contributed by atoms with Gasteiger partial charge in [0.15, 0.2) is 0 Å². The van der Waals surface area contributed by atoms with Crippen molar-refractivity contribution in [3.8, 4) is 0 Å². The number of thiol groups is 1. The molecule has 1 aliphatic rings. The van der Waals surface area contributed by atoms with Crippen LogP contribution in [-0.2, 0) is 4.79 Å². The van der Waals surface area contributed by atoms with Crippen LogP contribution in [0.4, 0.5) is 10.3 Å². The fourth-order valence-corrected chi connectivity index (χ4v) is 2.17. The monoisotopic (exact) mass is 216 g/mol. The summed E-state index contributed by atoms with van der Waals surface area (Å²) >= 11 is 5.45. The van der Waals surface area contributed by atoms with Crippen LogP contribution in [0.25, 0.3) is 0 Å². The van der Waals surface area contributed by atoms with E-state index in [0.29, 0.717) is 23.2 Å². The highest BCUT2D eigenvalue weighted by atomic mass is 32.1. The lowest BCUT2D eigenvalue weighted by atomic mass is 10.4. The van der Waals surface area contributed by atoms with Crippen LogP contribution in [0.3, 0.4) is 0 Å². The SMILES string of the molecule is Nc1nnc(N2CC(S)CC2=O)s1. The Morgan fingerprint density at radius 1 is 1.62 bits per heavy atom. The second-order valence-electron chi connectivity index (χ2n) is 2.79. The van der Waals surface area contributed by atoms with E-state index >= 15 is 0 Å². The number of nitrogens with zero attached hydrogens (tertiary/aromatic N) is 3. The Kier molecular flexibility index (Phi) is 2.12. The predicted octanol–water partition coefficient (Wildman–Crippen LogP) is 0.155. The summed E-state index contributed by atoms with van der Waals surface area (Å²) in [5.41, 5.74) is 5.41. The van der Waals surface area contributed by atoms with E-state index in [4.69, 9.17) is 5.73 Å². The molecule has 0 aliphatic carbocycles. The Hall–Kier alpha value is -0.820. The van der Waals surface area contributed by atoms with E-state index in [2.05, 4.69) is 22.8 Å². The third-order valence-corrected chi connectivity index (χ3v) is 2.89. The zero-order valence-electron chi connectivity index (χ0n) is 6.67. The summed E-state index contributed by atoms with van der Waals surface area (Å²) in [7, 11) is 0. The second kappa shape index (κ2) is 3.15. The number of hydrogen-bond donors (Lipinski definition) is 2. The minimum absolute atomic E-state index is 0.0381. The molecule has 1 amide bonds. The van der Waals surface area contributed by atoms with E-state index in [1.165, 1.54) is 11.3 Å². The molecule has 2 heterocycles. The van der Waals surface area contributed by atoms with E-state index in [0.717, 1.165) is 0 Å². The lowest BCUT2D eigenvalue weighted by Crippen LogP contribution is -2.24. The van der Waals surface area contributed by atoms with Crippen LogP contribution >= 0.6 is 24.0 Å². The quantitative estimate of drug-likeness (QED) is 0.656. The van der Waals surface area contributed by atoms with Gasteiger partial charge in [-0.1, -0.05) is 11.3 Å². The van der Waals surface area contributed by atoms with Gasteiger partial charge in [-0.3, -0.25) is 9.69 Å². The highest BCUT2D eigenvalue weighted by Gasteiger charge is 2.30. The molecule has 0 bridgehead atoms. The zero-order valence-corrected chi connectivity index (χ0v) is 8.39. The zero-order chi connectivity index (χ0) is 9.42. The summed E-state index contributed by atoms with van der Waals surface area (Å²) in [5, 5.41) is 8.49. The van der Waals surface area contributed by atoms with Gasteiger partial charge < -0.3 is 5.73 Å². The predicted molar refractivity (Wildman–Crippen MR) is 54.1 cm³/mol. The van der Waals surface area contributed by atoms with E-state index in [1.807, 2.05) is 0 Å². The molecule has 0 aromatic carbocycles. The molecule has 1 saturated heterocycles. The highest BCUT2D eigenvalue weighted by molar-refractivity contribution is 7.81. The molecule has 0 radical (unpaired) electrons. The number of carbonyl (C=O) groups is 1. The molecule has 13 heavy (non-hydrogen) atoms. The van der Waals surface area contributed by atoms with Crippen molar-refractivity contribution in [2.24, 2.45) is 0 Å². The molecule has 2 rings (SSSR count). The van der Waals surface area contributed by atoms with Crippen molar-refractivity contribution in [3.63, 3.8) is 0 Å². The maximum Gasteiger partial charge on any atom is 0.230 e. The number of aromatic nitrogens is 2. The van der Waals surface area contributed by atoms with E-state index < -0.39 is 0 Å². The van der Waals surface area contributed by atoms with Crippen LogP contribution in [0.1, 0.15) is 6.42 Å². The molecule has 5 nitrogen and oxygen atoms in total. The third kappa shape index (κ3) is 1.61. The van der Waals surface area contributed by atoms with E-state index in [9.17, 15) is 4.79 Å².